The number of anilines is 1. The van der Waals surface area contributed by atoms with Crippen LogP contribution in [0.3, 0.4) is 0 Å². The van der Waals surface area contributed by atoms with Crippen LogP contribution in [0.2, 0.25) is 0 Å². The fourth-order valence-corrected chi connectivity index (χ4v) is 3.25. The molecule has 0 saturated carbocycles. The topological polar surface area (TPSA) is 65.5 Å². The van der Waals surface area contributed by atoms with Crippen molar-refractivity contribution in [2.45, 2.75) is 12.8 Å². The third-order valence-electron chi connectivity index (χ3n) is 3.95. The summed E-state index contributed by atoms with van der Waals surface area (Å²) in [5, 5.41) is 15.0. The number of carbonyl (C=O) groups excluding carboxylic acids is 1. The number of aromatic nitrogens is 1. The number of hydrogen-bond acceptors (Lipinski definition) is 4. The van der Waals surface area contributed by atoms with Crippen molar-refractivity contribution < 1.29 is 9.90 Å². The van der Waals surface area contributed by atoms with Gasteiger partial charge in [-0.1, -0.05) is 12.1 Å². The third kappa shape index (κ3) is 3.45. The molecule has 2 N–H and O–H groups in total. The summed E-state index contributed by atoms with van der Waals surface area (Å²) in [6.45, 7) is 1.61. The van der Waals surface area contributed by atoms with Gasteiger partial charge in [-0.3, -0.25) is 0 Å². The number of aliphatic hydroxyl groups is 1. The first-order chi connectivity index (χ1) is 10.8. The summed E-state index contributed by atoms with van der Waals surface area (Å²) in [7, 11) is 0. The second-order valence-corrected chi connectivity index (χ2v) is 6.36. The maximum atomic E-state index is 12.3. The summed E-state index contributed by atoms with van der Waals surface area (Å²) in [6, 6.07) is 7.66. The van der Waals surface area contributed by atoms with Crippen LogP contribution in [0.5, 0.6) is 0 Å². The van der Waals surface area contributed by atoms with E-state index in [9.17, 15) is 4.79 Å². The van der Waals surface area contributed by atoms with Crippen LogP contribution in [-0.4, -0.2) is 40.7 Å². The van der Waals surface area contributed by atoms with Gasteiger partial charge in [0.1, 0.15) is 5.01 Å². The SMILES string of the molecule is O=C(Nc1cccc(-c2nccs2)c1)N1CCC(CO)CC1. The lowest BCUT2D eigenvalue weighted by Crippen LogP contribution is -2.41. The number of nitrogens with zero attached hydrogens (tertiary/aromatic N) is 2. The lowest BCUT2D eigenvalue weighted by atomic mass is 9.98. The molecule has 22 heavy (non-hydrogen) atoms. The molecule has 5 nitrogen and oxygen atoms in total. The highest BCUT2D eigenvalue weighted by Gasteiger charge is 2.22. The average Bonchev–Trinajstić information content (AvgIpc) is 3.10. The van der Waals surface area contributed by atoms with Crippen LogP contribution < -0.4 is 5.32 Å². The second kappa shape index (κ2) is 6.89. The molecule has 1 aliphatic rings. The van der Waals surface area contributed by atoms with Crippen LogP contribution in [0.4, 0.5) is 10.5 Å². The number of nitrogens with one attached hydrogen (secondary N) is 1. The van der Waals surface area contributed by atoms with Gasteiger partial charge in [-0.25, -0.2) is 9.78 Å². The van der Waals surface area contributed by atoms with Gasteiger partial charge in [0.2, 0.25) is 0 Å². The number of benzene rings is 1. The van der Waals surface area contributed by atoms with Gasteiger partial charge in [0.15, 0.2) is 0 Å². The van der Waals surface area contributed by atoms with Crippen LogP contribution in [0, 0.1) is 5.92 Å². The van der Waals surface area contributed by atoms with E-state index in [4.69, 9.17) is 5.11 Å². The van der Waals surface area contributed by atoms with Crippen LogP contribution in [0.15, 0.2) is 35.8 Å². The highest BCUT2D eigenvalue weighted by atomic mass is 32.1. The minimum Gasteiger partial charge on any atom is -0.396 e. The summed E-state index contributed by atoms with van der Waals surface area (Å²) in [6.07, 6.45) is 3.50. The standard InChI is InChI=1S/C16H19N3O2S/c20-11-12-4-7-19(8-5-12)16(21)18-14-3-1-2-13(10-14)15-17-6-9-22-15/h1-3,6,9-10,12,20H,4-5,7-8,11H2,(H,18,21). The average molecular weight is 317 g/mol. The monoisotopic (exact) mass is 317 g/mol. The van der Waals surface area contributed by atoms with E-state index in [1.165, 1.54) is 0 Å². The van der Waals surface area contributed by atoms with E-state index in [2.05, 4.69) is 10.3 Å². The number of carbonyl (C=O) groups is 1. The largest absolute Gasteiger partial charge is 0.396 e. The molecule has 1 aliphatic heterocycles. The van der Waals surface area contributed by atoms with Gasteiger partial charge in [-0.2, -0.15) is 0 Å². The number of amides is 2. The number of likely N-dealkylation sites (tertiary alicyclic amines) is 1. The minimum absolute atomic E-state index is 0.0762. The molecule has 0 unspecified atom stereocenters. The van der Waals surface area contributed by atoms with Crippen molar-refractivity contribution >= 4 is 23.1 Å². The molecular weight excluding hydrogens is 298 g/mol. The minimum atomic E-state index is -0.0762. The fourth-order valence-electron chi connectivity index (χ4n) is 2.62. The Hall–Kier alpha value is -1.92. The smallest absolute Gasteiger partial charge is 0.321 e. The quantitative estimate of drug-likeness (QED) is 0.914. The third-order valence-corrected chi connectivity index (χ3v) is 4.78. The number of urea groups is 1. The van der Waals surface area contributed by atoms with E-state index in [1.54, 1.807) is 17.5 Å². The van der Waals surface area contributed by atoms with Gasteiger partial charge in [-0.05, 0) is 30.9 Å². The lowest BCUT2D eigenvalue weighted by molar-refractivity contribution is 0.143. The summed E-state index contributed by atoms with van der Waals surface area (Å²) < 4.78 is 0. The maximum Gasteiger partial charge on any atom is 0.321 e. The van der Waals surface area contributed by atoms with Crippen LogP contribution >= 0.6 is 11.3 Å². The highest BCUT2D eigenvalue weighted by Crippen LogP contribution is 2.25. The number of aliphatic hydroxyl groups excluding tert-OH is 1. The Bertz CT molecular complexity index is 622. The Balaban J connectivity index is 1.63. The van der Waals surface area contributed by atoms with Gasteiger partial charge in [0.05, 0.1) is 0 Å². The Morgan fingerprint density at radius 2 is 2.23 bits per heavy atom. The van der Waals surface area contributed by atoms with Crippen LogP contribution in [0.1, 0.15) is 12.8 Å². The molecule has 0 atom stereocenters. The van der Waals surface area contributed by atoms with Gasteiger partial charge < -0.3 is 15.3 Å². The van der Waals surface area contributed by atoms with E-state index in [0.29, 0.717) is 19.0 Å². The molecule has 1 aromatic carbocycles. The number of rotatable bonds is 3. The lowest BCUT2D eigenvalue weighted by Gasteiger charge is -2.31. The maximum absolute atomic E-state index is 12.3. The summed E-state index contributed by atoms with van der Waals surface area (Å²) in [5.74, 6) is 0.331. The molecule has 0 bridgehead atoms. The Morgan fingerprint density at radius 1 is 1.41 bits per heavy atom. The van der Waals surface area contributed by atoms with Crippen molar-refractivity contribution in [2.24, 2.45) is 5.92 Å². The number of hydrogen-bond donors (Lipinski definition) is 2. The van der Waals surface area contributed by atoms with Gasteiger partial charge in [0, 0.05) is 42.5 Å². The molecule has 2 aromatic rings. The van der Waals surface area contributed by atoms with E-state index >= 15 is 0 Å². The Labute approximate surface area is 133 Å². The first kappa shape index (κ1) is 15.0. The highest BCUT2D eigenvalue weighted by molar-refractivity contribution is 7.13. The Kier molecular flexibility index (Phi) is 4.70. The molecule has 0 spiro atoms. The first-order valence-corrected chi connectivity index (χ1v) is 8.31. The molecule has 116 valence electrons. The zero-order valence-electron chi connectivity index (χ0n) is 12.2. The number of thiazole rings is 1. The van der Waals surface area contributed by atoms with Crippen molar-refractivity contribution in [2.75, 3.05) is 25.0 Å². The van der Waals surface area contributed by atoms with Gasteiger partial charge in [-0.15, -0.1) is 11.3 Å². The zero-order chi connectivity index (χ0) is 15.4. The molecule has 1 saturated heterocycles. The van der Waals surface area contributed by atoms with Gasteiger partial charge in [0.25, 0.3) is 0 Å². The van der Waals surface area contributed by atoms with Crippen LogP contribution in [-0.2, 0) is 0 Å². The molecule has 2 amide bonds. The van der Waals surface area contributed by atoms with Crippen molar-refractivity contribution in [1.82, 2.24) is 9.88 Å². The summed E-state index contributed by atoms with van der Waals surface area (Å²) >= 11 is 1.58. The fraction of sp³-hybridized carbons (Fsp3) is 0.375. The first-order valence-electron chi connectivity index (χ1n) is 7.43. The Morgan fingerprint density at radius 3 is 2.91 bits per heavy atom. The molecule has 6 heteroatoms. The predicted octanol–water partition coefficient (Wildman–Crippen LogP) is 3.05. The second-order valence-electron chi connectivity index (χ2n) is 5.46. The molecular formula is C16H19N3O2S. The molecule has 3 rings (SSSR count). The van der Waals surface area contributed by atoms with Crippen LogP contribution in [0.25, 0.3) is 10.6 Å². The summed E-state index contributed by atoms with van der Waals surface area (Å²) in [4.78, 5) is 18.4. The van der Waals surface area contributed by atoms with E-state index in [0.717, 1.165) is 29.1 Å². The summed E-state index contributed by atoms with van der Waals surface area (Å²) in [5.41, 5.74) is 1.79. The van der Waals surface area contributed by atoms with Crippen molar-refractivity contribution in [1.29, 1.82) is 0 Å². The zero-order valence-corrected chi connectivity index (χ0v) is 13.1. The van der Waals surface area contributed by atoms with Crippen molar-refractivity contribution in [3.05, 3.63) is 35.8 Å². The van der Waals surface area contributed by atoms with Crippen molar-refractivity contribution in [3.8, 4) is 10.6 Å². The van der Waals surface area contributed by atoms with E-state index < -0.39 is 0 Å². The van der Waals surface area contributed by atoms with E-state index in [1.807, 2.05) is 34.5 Å². The number of piperidine rings is 1. The normalized spacial score (nSPS) is 15.8. The van der Waals surface area contributed by atoms with Gasteiger partial charge >= 0.3 is 6.03 Å². The van der Waals surface area contributed by atoms with E-state index in [-0.39, 0.29) is 12.6 Å². The molecule has 0 aliphatic carbocycles. The molecule has 2 heterocycles. The molecule has 1 fully saturated rings. The molecule has 1 aromatic heterocycles. The van der Waals surface area contributed by atoms with Crippen molar-refractivity contribution in [3.63, 3.8) is 0 Å². The predicted molar refractivity (Wildman–Crippen MR) is 88.0 cm³/mol. The molecule has 0 radical (unpaired) electrons.